The van der Waals surface area contributed by atoms with Crippen LogP contribution in [0.2, 0.25) is 0 Å². The highest BCUT2D eigenvalue weighted by molar-refractivity contribution is 5.77. The highest BCUT2D eigenvalue weighted by Gasteiger charge is 2.40. The molecule has 1 saturated heterocycles. The third-order valence-corrected chi connectivity index (χ3v) is 2.82. The molecule has 1 aliphatic rings. The zero-order valence-corrected chi connectivity index (χ0v) is 10.1. The normalized spacial score (nSPS) is 18.3. The van der Waals surface area contributed by atoms with Crippen molar-refractivity contribution in [2.24, 2.45) is 5.73 Å². The summed E-state index contributed by atoms with van der Waals surface area (Å²) >= 11 is 0. The van der Waals surface area contributed by atoms with Crippen molar-refractivity contribution in [1.82, 2.24) is 4.90 Å². The molecule has 2 N–H and O–H groups in total. The van der Waals surface area contributed by atoms with Gasteiger partial charge in [0, 0.05) is 13.1 Å². The molecule has 0 spiro atoms. The van der Waals surface area contributed by atoms with E-state index in [1.54, 1.807) is 4.90 Å². The Balaban J connectivity index is 2.11. The summed E-state index contributed by atoms with van der Waals surface area (Å²) in [5.74, 6) is -0.0727. The van der Waals surface area contributed by atoms with Crippen molar-refractivity contribution in [3.05, 3.63) is 0 Å². The number of hydrogen-bond donors (Lipinski definition) is 1. The number of likely N-dealkylation sites (tertiary alicyclic amines) is 1. The molecule has 6 heteroatoms. The molecule has 0 unspecified atom stereocenters. The second kappa shape index (κ2) is 6.26. The van der Waals surface area contributed by atoms with Gasteiger partial charge in [-0.2, -0.15) is 0 Å². The average Bonchev–Trinajstić information content (AvgIpc) is 2.20. The van der Waals surface area contributed by atoms with Gasteiger partial charge in [-0.1, -0.05) is 13.3 Å². The summed E-state index contributed by atoms with van der Waals surface area (Å²) in [7, 11) is 0. The first-order valence-electron chi connectivity index (χ1n) is 5.89. The number of nitrogens with zero attached hydrogens (tertiary/aromatic N) is 1. The van der Waals surface area contributed by atoms with Gasteiger partial charge in [0.25, 0.3) is 6.43 Å². The molecular weight excluding hydrogens is 230 g/mol. The molecule has 0 aromatic heterocycles. The number of halogens is 2. The number of carbonyl (C=O) groups excluding carboxylic acids is 1. The summed E-state index contributed by atoms with van der Waals surface area (Å²) in [4.78, 5) is 13.2. The highest BCUT2D eigenvalue weighted by atomic mass is 19.3. The Kier molecular flexibility index (Phi) is 5.27. The van der Waals surface area contributed by atoms with Gasteiger partial charge >= 0.3 is 0 Å². The molecular formula is C11H20F2N2O2. The summed E-state index contributed by atoms with van der Waals surface area (Å²) in [6.07, 6.45) is -0.431. The Morgan fingerprint density at radius 2 is 2.18 bits per heavy atom. The first-order valence-corrected chi connectivity index (χ1v) is 5.89. The molecule has 17 heavy (non-hydrogen) atoms. The minimum absolute atomic E-state index is 0.0466. The fourth-order valence-electron chi connectivity index (χ4n) is 2.04. The van der Waals surface area contributed by atoms with Crippen LogP contribution >= 0.6 is 0 Å². The number of ether oxygens (including phenoxy) is 1. The SMILES string of the molecule is CCCC1(N)CN(C(=O)CCOCC(F)F)C1. The van der Waals surface area contributed by atoms with E-state index in [0.29, 0.717) is 13.1 Å². The van der Waals surface area contributed by atoms with Gasteiger partial charge in [0.1, 0.15) is 6.61 Å². The molecule has 0 aromatic carbocycles. The van der Waals surface area contributed by atoms with E-state index in [0.717, 1.165) is 12.8 Å². The van der Waals surface area contributed by atoms with Crippen LogP contribution < -0.4 is 5.73 Å². The van der Waals surface area contributed by atoms with Gasteiger partial charge < -0.3 is 15.4 Å². The summed E-state index contributed by atoms with van der Waals surface area (Å²) in [6, 6.07) is 0. The second-order valence-corrected chi connectivity index (χ2v) is 4.58. The van der Waals surface area contributed by atoms with Crippen molar-refractivity contribution in [2.45, 2.75) is 38.2 Å². The van der Waals surface area contributed by atoms with Gasteiger partial charge in [0.15, 0.2) is 0 Å². The smallest absolute Gasteiger partial charge is 0.261 e. The van der Waals surface area contributed by atoms with Crippen LogP contribution in [0.15, 0.2) is 0 Å². The number of alkyl halides is 2. The van der Waals surface area contributed by atoms with Crippen molar-refractivity contribution in [3.63, 3.8) is 0 Å². The zero-order chi connectivity index (χ0) is 12.9. The van der Waals surface area contributed by atoms with Crippen LogP contribution in [0, 0.1) is 0 Å². The summed E-state index contributed by atoms with van der Waals surface area (Å²) in [6.45, 7) is 2.62. The van der Waals surface area contributed by atoms with Crippen LogP contribution in [-0.4, -0.2) is 49.1 Å². The Labute approximate surface area is 100 Å². The summed E-state index contributed by atoms with van der Waals surface area (Å²) in [5.41, 5.74) is 5.77. The first kappa shape index (κ1) is 14.3. The summed E-state index contributed by atoms with van der Waals surface area (Å²) < 4.78 is 28.1. The topological polar surface area (TPSA) is 55.6 Å². The van der Waals surface area contributed by atoms with E-state index in [-0.39, 0.29) is 24.5 Å². The van der Waals surface area contributed by atoms with Crippen LogP contribution in [0.3, 0.4) is 0 Å². The van der Waals surface area contributed by atoms with E-state index in [4.69, 9.17) is 5.73 Å². The molecule has 1 aliphatic heterocycles. The second-order valence-electron chi connectivity index (χ2n) is 4.58. The van der Waals surface area contributed by atoms with Crippen molar-refractivity contribution in [2.75, 3.05) is 26.3 Å². The molecule has 0 aromatic rings. The van der Waals surface area contributed by atoms with Gasteiger partial charge in [-0.3, -0.25) is 4.79 Å². The number of amides is 1. The van der Waals surface area contributed by atoms with Gasteiger partial charge in [-0.25, -0.2) is 8.78 Å². The summed E-state index contributed by atoms with van der Waals surface area (Å²) in [5, 5.41) is 0. The molecule has 1 fully saturated rings. The fourth-order valence-corrected chi connectivity index (χ4v) is 2.04. The van der Waals surface area contributed by atoms with Crippen molar-refractivity contribution in [1.29, 1.82) is 0 Å². The zero-order valence-electron chi connectivity index (χ0n) is 10.1. The van der Waals surface area contributed by atoms with Crippen molar-refractivity contribution in [3.8, 4) is 0 Å². The molecule has 1 amide bonds. The van der Waals surface area contributed by atoms with Crippen LogP contribution in [0.25, 0.3) is 0 Å². The standard InChI is InChI=1S/C11H20F2N2O2/c1-2-4-11(14)7-15(8-11)10(16)3-5-17-6-9(12)13/h9H,2-8,14H2,1H3. The van der Waals surface area contributed by atoms with Crippen molar-refractivity contribution >= 4 is 5.91 Å². The maximum Gasteiger partial charge on any atom is 0.261 e. The van der Waals surface area contributed by atoms with E-state index >= 15 is 0 Å². The lowest BCUT2D eigenvalue weighted by molar-refractivity contribution is -0.140. The molecule has 4 nitrogen and oxygen atoms in total. The number of carbonyl (C=O) groups is 1. The quantitative estimate of drug-likeness (QED) is 0.686. The molecule has 0 radical (unpaired) electrons. The Morgan fingerprint density at radius 3 is 2.71 bits per heavy atom. The van der Waals surface area contributed by atoms with E-state index in [1.165, 1.54) is 0 Å². The van der Waals surface area contributed by atoms with Crippen molar-refractivity contribution < 1.29 is 18.3 Å². The molecule has 0 saturated carbocycles. The molecule has 1 heterocycles. The third kappa shape index (κ3) is 4.55. The van der Waals surface area contributed by atoms with Crippen LogP contribution in [0.1, 0.15) is 26.2 Å². The maximum atomic E-state index is 11.7. The van der Waals surface area contributed by atoms with Crippen LogP contribution in [-0.2, 0) is 9.53 Å². The van der Waals surface area contributed by atoms with E-state index in [1.807, 2.05) is 0 Å². The van der Waals surface area contributed by atoms with Crippen LogP contribution in [0.4, 0.5) is 8.78 Å². The van der Waals surface area contributed by atoms with Gasteiger partial charge in [0.2, 0.25) is 5.91 Å². The lowest BCUT2D eigenvalue weighted by atomic mass is 9.86. The Morgan fingerprint density at radius 1 is 1.53 bits per heavy atom. The molecule has 100 valence electrons. The molecule has 0 aliphatic carbocycles. The van der Waals surface area contributed by atoms with Crippen LogP contribution in [0.5, 0.6) is 0 Å². The van der Waals surface area contributed by atoms with E-state index in [2.05, 4.69) is 11.7 Å². The molecule has 0 atom stereocenters. The largest absolute Gasteiger partial charge is 0.375 e. The van der Waals surface area contributed by atoms with E-state index in [9.17, 15) is 13.6 Å². The lowest BCUT2D eigenvalue weighted by Gasteiger charge is -2.47. The van der Waals surface area contributed by atoms with Gasteiger partial charge in [0.05, 0.1) is 18.6 Å². The third-order valence-electron chi connectivity index (χ3n) is 2.82. The minimum Gasteiger partial charge on any atom is -0.375 e. The molecule has 0 bridgehead atoms. The van der Waals surface area contributed by atoms with Gasteiger partial charge in [-0.15, -0.1) is 0 Å². The van der Waals surface area contributed by atoms with Gasteiger partial charge in [-0.05, 0) is 6.42 Å². The predicted molar refractivity (Wildman–Crippen MR) is 59.8 cm³/mol. The highest BCUT2D eigenvalue weighted by Crippen LogP contribution is 2.23. The number of rotatable bonds is 7. The average molecular weight is 250 g/mol. The maximum absolute atomic E-state index is 11.7. The fraction of sp³-hybridized carbons (Fsp3) is 0.909. The predicted octanol–water partition coefficient (Wildman–Crippen LogP) is 0.998. The monoisotopic (exact) mass is 250 g/mol. The first-order chi connectivity index (χ1) is 7.97. The number of nitrogens with two attached hydrogens (primary N) is 1. The number of hydrogen-bond acceptors (Lipinski definition) is 3. The minimum atomic E-state index is -2.48. The lowest BCUT2D eigenvalue weighted by Crippen LogP contribution is -2.68. The Bertz CT molecular complexity index is 256. The van der Waals surface area contributed by atoms with E-state index < -0.39 is 13.0 Å². The molecule has 1 rings (SSSR count). The Hall–Kier alpha value is -0.750.